The Kier molecular flexibility index (Phi) is 5.75. The highest BCUT2D eigenvalue weighted by Crippen LogP contribution is 2.37. The molecule has 1 aliphatic rings. The Hall–Kier alpha value is -3.07. The van der Waals surface area contributed by atoms with E-state index in [1.165, 1.54) is 32.9 Å². The summed E-state index contributed by atoms with van der Waals surface area (Å²) in [6.07, 6.45) is 7.71. The third-order valence-electron chi connectivity index (χ3n) is 6.49. The Labute approximate surface area is 200 Å². The number of H-pyrrole nitrogens is 1. The van der Waals surface area contributed by atoms with Crippen LogP contribution in [0.25, 0.3) is 33.8 Å². The molecule has 0 amide bonds. The van der Waals surface area contributed by atoms with Gasteiger partial charge in [0.25, 0.3) is 0 Å². The van der Waals surface area contributed by atoms with E-state index in [1.54, 1.807) is 18.3 Å². The predicted molar refractivity (Wildman–Crippen MR) is 127 cm³/mol. The van der Waals surface area contributed by atoms with Gasteiger partial charge < -0.3 is 4.57 Å². The maximum absolute atomic E-state index is 15.4. The fraction of sp³-hybridized carbons (Fsp3) is 0.458. The van der Waals surface area contributed by atoms with Gasteiger partial charge in [0, 0.05) is 24.5 Å². The molecule has 1 fully saturated rings. The van der Waals surface area contributed by atoms with Crippen molar-refractivity contribution in [3.8, 4) is 22.8 Å². The first kappa shape index (κ1) is 22.7. The third kappa shape index (κ3) is 4.36. The second-order valence-electron chi connectivity index (χ2n) is 9.70. The lowest BCUT2D eigenvalue weighted by atomic mass is 9.83. The van der Waals surface area contributed by atoms with Crippen LogP contribution in [0.2, 0.25) is 5.02 Å². The number of aromatic nitrogens is 6. The molecule has 0 atom stereocenters. The van der Waals surface area contributed by atoms with Crippen LogP contribution in [0.4, 0.5) is 4.39 Å². The molecule has 8 nitrogen and oxygen atoms in total. The van der Waals surface area contributed by atoms with Crippen molar-refractivity contribution in [1.29, 1.82) is 0 Å². The van der Waals surface area contributed by atoms with Crippen LogP contribution >= 0.6 is 11.6 Å². The van der Waals surface area contributed by atoms with Gasteiger partial charge in [0.15, 0.2) is 5.67 Å². The SMILES string of the molecule is CC1CCC(Cn2c(C(C)(C)F)nc3cc(-c4noc(=O)[nH]4)nc(-c4cncc(Cl)c4)c32)CC1. The van der Waals surface area contributed by atoms with E-state index < -0.39 is 11.4 Å². The maximum atomic E-state index is 15.4. The highest BCUT2D eigenvalue weighted by Gasteiger charge is 2.31. The van der Waals surface area contributed by atoms with Crippen molar-refractivity contribution in [2.24, 2.45) is 11.8 Å². The van der Waals surface area contributed by atoms with Crippen molar-refractivity contribution in [1.82, 2.24) is 29.7 Å². The van der Waals surface area contributed by atoms with Crippen LogP contribution in [0, 0.1) is 11.8 Å². The third-order valence-corrected chi connectivity index (χ3v) is 6.70. The number of pyridine rings is 2. The van der Waals surface area contributed by atoms with Crippen molar-refractivity contribution in [3.05, 3.63) is 45.9 Å². The molecule has 0 radical (unpaired) electrons. The minimum absolute atomic E-state index is 0.167. The van der Waals surface area contributed by atoms with E-state index in [1.807, 2.05) is 4.57 Å². The number of rotatable bonds is 5. The lowest BCUT2D eigenvalue weighted by molar-refractivity contribution is 0.191. The quantitative estimate of drug-likeness (QED) is 0.400. The maximum Gasteiger partial charge on any atom is 0.439 e. The summed E-state index contributed by atoms with van der Waals surface area (Å²) in [7, 11) is 0. The number of hydrogen-bond donors (Lipinski definition) is 1. The lowest BCUT2D eigenvalue weighted by Crippen LogP contribution is -2.23. The van der Waals surface area contributed by atoms with Crippen molar-refractivity contribution >= 4 is 22.6 Å². The monoisotopic (exact) mass is 484 g/mol. The normalized spacial score (nSPS) is 19.1. The van der Waals surface area contributed by atoms with E-state index in [9.17, 15) is 4.79 Å². The summed E-state index contributed by atoms with van der Waals surface area (Å²) in [5.74, 6) is 0.955. The highest BCUT2D eigenvalue weighted by molar-refractivity contribution is 6.30. The van der Waals surface area contributed by atoms with E-state index in [4.69, 9.17) is 21.6 Å². The van der Waals surface area contributed by atoms with Gasteiger partial charge in [-0.1, -0.05) is 36.5 Å². The Morgan fingerprint density at radius 3 is 2.62 bits per heavy atom. The van der Waals surface area contributed by atoms with Gasteiger partial charge in [-0.15, -0.1) is 0 Å². The predicted octanol–water partition coefficient (Wildman–Crippen LogP) is 5.52. The topological polar surface area (TPSA) is 102 Å². The minimum atomic E-state index is -1.67. The molecular weight excluding hydrogens is 459 g/mol. The van der Waals surface area contributed by atoms with Crippen LogP contribution in [0.1, 0.15) is 52.3 Å². The minimum Gasteiger partial charge on any atom is -0.323 e. The second kappa shape index (κ2) is 8.61. The first-order chi connectivity index (χ1) is 16.2. The number of halogens is 2. The van der Waals surface area contributed by atoms with E-state index in [2.05, 4.69) is 26.6 Å². The number of aromatic amines is 1. The van der Waals surface area contributed by atoms with Gasteiger partial charge in [0.05, 0.1) is 21.7 Å². The molecule has 1 aliphatic carbocycles. The smallest absolute Gasteiger partial charge is 0.323 e. The zero-order valence-electron chi connectivity index (χ0n) is 19.3. The number of nitrogens with zero attached hydrogens (tertiary/aromatic N) is 5. The lowest BCUT2D eigenvalue weighted by Gasteiger charge is -2.28. The molecule has 4 heterocycles. The first-order valence-corrected chi connectivity index (χ1v) is 11.8. The summed E-state index contributed by atoms with van der Waals surface area (Å²) < 4.78 is 22.1. The van der Waals surface area contributed by atoms with Gasteiger partial charge in [-0.05, 0) is 50.7 Å². The zero-order valence-corrected chi connectivity index (χ0v) is 20.1. The number of imidazole rings is 1. The summed E-state index contributed by atoms with van der Waals surface area (Å²) in [5.41, 5.74) is 1.14. The molecule has 4 aromatic rings. The summed E-state index contributed by atoms with van der Waals surface area (Å²) in [6.45, 7) is 5.95. The van der Waals surface area contributed by atoms with Crippen LogP contribution in [-0.4, -0.2) is 29.7 Å². The molecule has 1 saturated carbocycles. The number of nitrogens with one attached hydrogen (secondary N) is 1. The van der Waals surface area contributed by atoms with E-state index in [0.717, 1.165) is 18.8 Å². The molecule has 4 aromatic heterocycles. The Bertz CT molecular complexity index is 1390. The van der Waals surface area contributed by atoms with Gasteiger partial charge in [-0.2, -0.15) is 0 Å². The van der Waals surface area contributed by atoms with Crippen molar-refractivity contribution in [2.45, 2.75) is 58.7 Å². The largest absolute Gasteiger partial charge is 0.439 e. The van der Waals surface area contributed by atoms with Crippen LogP contribution in [-0.2, 0) is 12.2 Å². The van der Waals surface area contributed by atoms with Crippen molar-refractivity contribution in [2.75, 3.05) is 0 Å². The molecule has 178 valence electrons. The molecule has 34 heavy (non-hydrogen) atoms. The summed E-state index contributed by atoms with van der Waals surface area (Å²) in [6, 6.07) is 3.45. The van der Waals surface area contributed by atoms with E-state index in [0.29, 0.717) is 51.3 Å². The van der Waals surface area contributed by atoms with E-state index in [-0.39, 0.29) is 5.82 Å². The fourth-order valence-corrected chi connectivity index (χ4v) is 4.94. The molecule has 1 N–H and O–H groups in total. The second-order valence-corrected chi connectivity index (χ2v) is 10.1. The molecule has 0 unspecified atom stereocenters. The van der Waals surface area contributed by atoms with E-state index >= 15 is 4.39 Å². The Morgan fingerprint density at radius 1 is 1.21 bits per heavy atom. The van der Waals surface area contributed by atoms with Gasteiger partial charge in [0.2, 0.25) is 5.82 Å². The number of hydrogen-bond acceptors (Lipinski definition) is 6. The standard InChI is InChI=1S/C24H26ClFN6O2/c1-13-4-6-14(7-5-13)12-32-20-17(29-22(32)24(2,3)26)9-18(21-30-23(33)34-31-21)28-19(20)15-8-16(25)11-27-10-15/h8-11,13-14H,4-7,12H2,1-3H3,(H,30,31,33). The van der Waals surface area contributed by atoms with Crippen LogP contribution in [0.5, 0.6) is 0 Å². The Morgan fingerprint density at radius 2 is 1.97 bits per heavy atom. The average molecular weight is 485 g/mol. The summed E-state index contributed by atoms with van der Waals surface area (Å²) in [4.78, 5) is 27.8. The number of alkyl halides is 1. The molecule has 0 aliphatic heterocycles. The molecule has 0 spiro atoms. The van der Waals surface area contributed by atoms with Gasteiger partial charge in [0.1, 0.15) is 11.5 Å². The van der Waals surface area contributed by atoms with Gasteiger partial charge >= 0.3 is 5.76 Å². The average Bonchev–Trinajstić information content (AvgIpc) is 3.38. The molecule has 10 heteroatoms. The van der Waals surface area contributed by atoms with Crippen LogP contribution < -0.4 is 5.76 Å². The molecule has 5 rings (SSSR count). The summed E-state index contributed by atoms with van der Waals surface area (Å²) >= 11 is 6.25. The Balaban J connectivity index is 1.76. The van der Waals surface area contributed by atoms with Crippen LogP contribution in [0.3, 0.4) is 0 Å². The van der Waals surface area contributed by atoms with Gasteiger partial charge in [-0.3, -0.25) is 14.5 Å². The van der Waals surface area contributed by atoms with Crippen LogP contribution in [0.15, 0.2) is 33.8 Å². The van der Waals surface area contributed by atoms with Crippen molar-refractivity contribution in [3.63, 3.8) is 0 Å². The summed E-state index contributed by atoms with van der Waals surface area (Å²) in [5, 5.41) is 4.22. The fourth-order valence-electron chi connectivity index (χ4n) is 4.76. The molecule has 0 bridgehead atoms. The van der Waals surface area contributed by atoms with Crippen molar-refractivity contribution < 1.29 is 8.91 Å². The first-order valence-electron chi connectivity index (χ1n) is 11.5. The molecule has 0 aromatic carbocycles. The molecule has 0 saturated heterocycles. The van der Waals surface area contributed by atoms with Gasteiger partial charge in [-0.25, -0.2) is 19.2 Å². The molecular formula is C24H26ClFN6O2. The highest BCUT2D eigenvalue weighted by atomic mass is 35.5. The zero-order chi connectivity index (χ0) is 24.0. The number of fused-ring (bicyclic) bond motifs is 1.